The van der Waals surface area contributed by atoms with E-state index in [2.05, 4.69) is 25.1 Å². The van der Waals surface area contributed by atoms with E-state index in [0.29, 0.717) is 32.0 Å². The van der Waals surface area contributed by atoms with Crippen molar-refractivity contribution in [2.75, 3.05) is 36.0 Å². The number of hydrogen-bond donors (Lipinski definition) is 0. The molecule has 3 aromatic rings. The Morgan fingerprint density at radius 3 is 2.10 bits per heavy atom. The van der Waals surface area contributed by atoms with E-state index in [-0.39, 0.29) is 0 Å². The highest BCUT2D eigenvalue weighted by atomic mass is 19.4. The molecule has 1 fully saturated rings. The van der Waals surface area contributed by atoms with Gasteiger partial charge < -0.3 is 9.80 Å². The predicted molar refractivity (Wildman–Crippen MR) is 108 cm³/mol. The van der Waals surface area contributed by atoms with Crippen molar-refractivity contribution in [2.45, 2.75) is 20.0 Å². The summed E-state index contributed by atoms with van der Waals surface area (Å²) in [5.74, 6) is 1.39. The molecule has 0 amide bonds. The van der Waals surface area contributed by atoms with Crippen LogP contribution in [0.2, 0.25) is 0 Å². The van der Waals surface area contributed by atoms with Crippen LogP contribution in [0, 0.1) is 13.8 Å². The molecule has 6 nitrogen and oxygen atoms in total. The molecule has 0 aliphatic carbocycles. The standard InChI is InChI=1S/C21H21F3N6/c1-14-15(2)20(28-27-19(14)16-5-7-25-8-6-16)30-11-9-29(10-12-30)18-4-3-17(13-26-18)21(22,23)24/h3-8,13H,9-12H2,1-2H3. The molecule has 0 saturated carbocycles. The van der Waals surface area contributed by atoms with Gasteiger partial charge in [-0.3, -0.25) is 4.98 Å². The molecule has 0 aromatic carbocycles. The van der Waals surface area contributed by atoms with Crippen molar-refractivity contribution in [1.82, 2.24) is 20.2 Å². The molecule has 0 spiro atoms. The quantitative estimate of drug-likeness (QED) is 0.648. The lowest BCUT2D eigenvalue weighted by molar-refractivity contribution is -0.137. The first-order valence-corrected chi connectivity index (χ1v) is 9.62. The van der Waals surface area contributed by atoms with Crippen LogP contribution in [0.5, 0.6) is 0 Å². The third kappa shape index (κ3) is 3.92. The van der Waals surface area contributed by atoms with Gasteiger partial charge >= 0.3 is 6.18 Å². The molecule has 4 rings (SSSR count). The van der Waals surface area contributed by atoms with Crippen molar-refractivity contribution in [1.29, 1.82) is 0 Å². The smallest absolute Gasteiger partial charge is 0.353 e. The number of halogens is 3. The Bertz CT molecular complexity index is 1010. The van der Waals surface area contributed by atoms with Crippen LogP contribution >= 0.6 is 0 Å². The molecule has 30 heavy (non-hydrogen) atoms. The minimum atomic E-state index is -4.37. The SMILES string of the molecule is Cc1c(-c2ccncc2)nnc(N2CCN(c3ccc(C(F)(F)F)cn3)CC2)c1C. The van der Waals surface area contributed by atoms with E-state index in [1.807, 2.05) is 30.9 Å². The fourth-order valence-corrected chi connectivity index (χ4v) is 3.57. The van der Waals surface area contributed by atoms with Gasteiger partial charge in [-0.25, -0.2) is 4.98 Å². The highest BCUT2D eigenvalue weighted by Gasteiger charge is 2.31. The van der Waals surface area contributed by atoms with Crippen LogP contribution in [0.1, 0.15) is 16.7 Å². The highest BCUT2D eigenvalue weighted by molar-refractivity contribution is 5.66. The zero-order valence-corrected chi connectivity index (χ0v) is 16.7. The maximum Gasteiger partial charge on any atom is 0.417 e. The van der Waals surface area contributed by atoms with Gasteiger partial charge in [0.15, 0.2) is 5.82 Å². The largest absolute Gasteiger partial charge is 0.417 e. The fourth-order valence-electron chi connectivity index (χ4n) is 3.57. The lowest BCUT2D eigenvalue weighted by Crippen LogP contribution is -2.47. The van der Waals surface area contributed by atoms with E-state index < -0.39 is 11.7 Å². The number of pyridine rings is 2. The lowest BCUT2D eigenvalue weighted by atomic mass is 10.0. The van der Waals surface area contributed by atoms with E-state index in [9.17, 15) is 13.2 Å². The molecule has 1 saturated heterocycles. The molecule has 0 N–H and O–H groups in total. The first kappa shape index (κ1) is 20.1. The molecule has 0 radical (unpaired) electrons. The summed E-state index contributed by atoms with van der Waals surface area (Å²) in [4.78, 5) is 12.2. The van der Waals surface area contributed by atoms with Crippen molar-refractivity contribution in [2.24, 2.45) is 0 Å². The van der Waals surface area contributed by atoms with Crippen molar-refractivity contribution in [3.8, 4) is 11.3 Å². The van der Waals surface area contributed by atoms with Gasteiger partial charge in [-0.05, 0) is 49.2 Å². The molecule has 1 aliphatic rings. The lowest BCUT2D eigenvalue weighted by Gasteiger charge is -2.36. The number of alkyl halides is 3. The maximum absolute atomic E-state index is 12.7. The Hall–Kier alpha value is -3.23. The Kier molecular flexibility index (Phi) is 5.27. The van der Waals surface area contributed by atoms with Gasteiger partial charge in [0, 0.05) is 50.3 Å². The molecule has 0 unspecified atom stereocenters. The van der Waals surface area contributed by atoms with Crippen LogP contribution in [0.25, 0.3) is 11.3 Å². The van der Waals surface area contributed by atoms with Crippen LogP contribution < -0.4 is 9.80 Å². The molecule has 0 bridgehead atoms. The Labute approximate surface area is 172 Å². The molecule has 156 valence electrons. The third-order valence-electron chi connectivity index (χ3n) is 5.43. The van der Waals surface area contributed by atoms with Crippen molar-refractivity contribution >= 4 is 11.6 Å². The second-order valence-electron chi connectivity index (χ2n) is 7.24. The maximum atomic E-state index is 12.7. The van der Waals surface area contributed by atoms with Crippen LogP contribution in [-0.2, 0) is 6.18 Å². The van der Waals surface area contributed by atoms with E-state index in [4.69, 9.17) is 0 Å². The Balaban J connectivity index is 1.47. The summed E-state index contributed by atoms with van der Waals surface area (Å²) in [5, 5.41) is 8.91. The molecule has 3 aromatic heterocycles. The van der Waals surface area contributed by atoms with Crippen LogP contribution in [0.4, 0.5) is 24.8 Å². The number of anilines is 2. The number of piperazine rings is 1. The minimum Gasteiger partial charge on any atom is -0.353 e. The number of aromatic nitrogens is 4. The summed E-state index contributed by atoms with van der Waals surface area (Å²) in [6.07, 6.45) is -0.0262. The summed E-state index contributed by atoms with van der Waals surface area (Å²) in [6, 6.07) is 6.32. The Morgan fingerprint density at radius 1 is 0.833 bits per heavy atom. The van der Waals surface area contributed by atoms with Gasteiger partial charge in [0.1, 0.15) is 5.82 Å². The normalized spacial score (nSPS) is 14.8. The number of rotatable bonds is 3. The van der Waals surface area contributed by atoms with Crippen LogP contribution in [-0.4, -0.2) is 46.3 Å². The predicted octanol–water partition coefficient (Wildman–Crippen LogP) is 3.90. The van der Waals surface area contributed by atoms with Crippen LogP contribution in [0.3, 0.4) is 0 Å². The number of nitrogens with zero attached hydrogens (tertiary/aromatic N) is 6. The average Bonchev–Trinajstić information content (AvgIpc) is 2.76. The highest BCUT2D eigenvalue weighted by Crippen LogP contribution is 2.30. The van der Waals surface area contributed by atoms with Gasteiger partial charge in [-0.1, -0.05) is 0 Å². The third-order valence-corrected chi connectivity index (χ3v) is 5.43. The van der Waals surface area contributed by atoms with Gasteiger partial charge in [0.25, 0.3) is 0 Å². The molecular weight excluding hydrogens is 393 g/mol. The van der Waals surface area contributed by atoms with Gasteiger partial charge in [0.2, 0.25) is 0 Å². The van der Waals surface area contributed by atoms with Gasteiger partial charge in [0.05, 0.1) is 11.3 Å². The van der Waals surface area contributed by atoms with Crippen molar-refractivity contribution in [3.63, 3.8) is 0 Å². The monoisotopic (exact) mass is 414 g/mol. The number of hydrogen-bond acceptors (Lipinski definition) is 6. The molecule has 1 aliphatic heterocycles. The minimum absolute atomic E-state index is 0.551. The summed E-state index contributed by atoms with van der Waals surface area (Å²) in [5.41, 5.74) is 3.21. The van der Waals surface area contributed by atoms with E-state index in [1.54, 1.807) is 12.4 Å². The second kappa shape index (κ2) is 7.89. The van der Waals surface area contributed by atoms with E-state index in [1.165, 1.54) is 6.07 Å². The zero-order chi connectivity index (χ0) is 21.3. The topological polar surface area (TPSA) is 58.0 Å². The Morgan fingerprint density at radius 2 is 1.50 bits per heavy atom. The first-order valence-electron chi connectivity index (χ1n) is 9.62. The van der Waals surface area contributed by atoms with Crippen molar-refractivity contribution < 1.29 is 13.2 Å². The fraction of sp³-hybridized carbons (Fsp3) is 0.333. The summed E-state index contributed by atoms with van der Waals surface area (Å²) >= 11 is 0. The molecular formula is C21H21F3N6. The summed E-state index contributed by atoms with van der Waals surface area (Å²) in [7, 11) is 0. The second-order valence-corrected chi connectivity index (χ2v) is 7.24. The van der Waals surface area contributed by atoms with Gasteiger partial charge in [-0.2, -0.15) is 13.2 Å². The molecule has 4 heterocycles. The molecule has 0 atom stereocenters. The average molecular weight is 414 g/mol. The first-order chi connectivity index (χ1) is 14.3. The van der Waals surface area contributed by atoms with E-state index in [0.717, 1.165) is 40.5 Å². The van der Waals surface area contributed by atoms with E-state index >= 15 is 0 Å². The van der Waals surface area contributed by atoms with Crippen LogP contribution in [0.15, 0.2) is 42.9 Å². The summed E-state index contributed by atoms with van der Waals surface area (Å²) in [6.45, 7) is 6.73. The zero-order valence-electron chi connectivity index (χ0n) is 16.7. The molecule has 9 heteroatoms. The summed E-state index contributed by atoms with van der Waals surface area (Å²) < 4.78 is 38.2. The van der Waals surface area contributed by atoms with Crippen molar-refractivity contribution in [3.05, 3.63) is 59.5 Å². The van der Waals surface area contributed by atoms with Gasteiger partial charge in [-0.15, -0.1) is 10.2 Å².